The van der Waals surface area contributed by atoms with Crippen LogP contribution >= 0.6 is 0 Å². The second-order valence-electron chi connectivity index (χ2n) is 7.79. The minimum Gasteiger partial charge on any atom is -0.462 e. The summed E-state index contributed by atoms with van der Waals surface area (Å²) in [5.74, 6) is 0.189. The highest BCUT2D eigenvalue weighted by Gasteiger charge is 2.52. The number of benzene rings is 1. The maximum absolute atomic E-state index is 10.9. The van der Waals surface area contributed by atoms with Crippen LogP contribution < -0.4 is 4.74 Å². The van der Waals surface area contributed by atoms with Crippen LogP contribution in [0, 0.1) is 10.1 Å². The van der Waals surface area contributed by atoms with Gasteiger partial charge in [-0.25, -0.2) is 0 Å². The lowest BCUT2D eigenvalue weighted by atomic mass is 9.96. The standard InChI is InChI=1S/C20H29NO13/c1-29-17-13(24)11(7-22)32-19(15(17)26)34-16-12(8-23)33-20(18(30-2)14(16)25)31-10-5-3-9(4-6-10)21(27)28/h3-6,11-20,22-26H,7-8H2,1-2H3/t11-,12-,13+,14+,15-,16-,17+,18-,19+,20-/m1/s1. The Kier molecular flexibility index (Phi) is 9.11. The molecule has 2 fully saturated rings. The highest BCUT2D eigenvalue weighted by atomic mass is 16.7. The number of methoxy groups -OCH3 is 2. The van der Waals surface area contributed by atoms with Crippen LogP contribution in [0.3, 0.4) is 0 Å². The third-order valence-corrected chi connectivity index (χ3v) is 5.75. The summed E-state index contributed by atoms with van der Waals surface area (Å²) in [6, 6.07) is 5.14. The third-order valence-electron chi connectivity index (χ3n) is 5.75. The van der Waals surface area contributed by atoms with Crippen molar-refractivity contribution >= 4 is 5.69 Å². The molecule has 0 aromatic heterocycles. The number of ether oxygens (including phenoxy) is 6. The van der Waals surface area contributed by atoms with Crippen molar-refractivity contribution in [3.05, 3.63) is 34.4 Å². The number of rotatable bonds is 9. The molecule has 0 amide bonds. The molecule has 0 radical (unpaired) electrons. The van der Waals surface area contributed by atoms with Gasteiger partial charge < -0.3 is 54.0 Å². The average Bonchev–Trinajstić information content (AvgIpc) is 2.82. The van der Waals surface area contributed by atoms with Gasteiger partial charge in [0, 0.05) is 26.4 Å². The van der Waals surface area contributed by atoms with Crippen molar-refractivity contribution in [1.29, 1.82) is 0 Å². The predicted octanol–water partition coefficient (Wildman–Crippen LogP) is -2.09. The average molecular weight is 491 g/mol. The first-order valence-corrected chi connectivity index (χ1v) is 10.4. The molecular formula is C20H29NO13. The fourth-order valence-corrected chi connectivity index (χ4v) is 3.94. The molecule has 0 bridgehead atoms. The van der Waals surface area contributed by atoms with E-state index >= 15 is 0 Å². The van der Waals surface area contributed by atoms with Crippen molar-refractivity contribution in [3.63, 3.8) is 0 Å². The summed E-state index contributed by atoms with van der Waals surface area (Å²) >= 11 is 0. The fraction of sp³-hybridized carbons (Fsp3) is 0.700. The van der Waals surface area contributed by atoms with Gasteiger partial charge in [0.2, 0.25) is 6.29 Å². The van der Waals surface area contributed by atoms with Crippen LogP contribution in [0.5, 0.6) is 5.75 Å². The van der Waals surface area contributed by atoms with Crippen LogP contribution in [0.2, 0.25) is 0 Å². The second kappa shape index (κ2) is 11.6. The van der Waals surface area contributed by atoms with Gasteiger partial charge >= 0.3 is 0 Å². The maximum atomic E-state index is 10.9. The predicted molar refractivity (Wildman–Crippen MR) is 110 cm³/mol. The van der Waals surface area contributed by atoms with E-state index in [0.717, 1.165) is 0 Å². The Labute approximate surface area is 194 Å². The number of nitro groups is 1. The SMILES string of the molecule is CO[C@H]1[C@@H](O)[C@@H](CO)O[C@@H](O[C@H]2[C@H](O)[C@@H](OC)[C@H](Oc3ccc([N+](=O)[O-])cc3)O[C@@H]2CO)[C@@H]1O. The van der Waals surface area contributed by atoms with E-state index in [1.165, 1.54) is 38.5 Å². The summed E-state index contributed by atoms with van der Waals surface area (Å²) in [7, 11) is 2.54. The molecule has 10 atom stereocenters. The van der Waals surface area contributed by atoms with Gasteiger partial charge in [0.1, 0.15) is 54.6 Å². The molecule has 0 aliphatic carbocycles. The van der Waals surface area contributed by atoms with E-state index in [9.17, 15) is 35.6 Å². The molecule has 0 spiro atoms. The summed E-state index contributed by atoms with van der Waals surface area (Å²) in [4.78, 5) is 10.3. The number of aliphatic hydroxyl groups is 5. The summed E-state index contributed by atoms with van der Waals surface area (Å²) in [5, 5.41) is 61.8. The van der Waals surface area contributed by atoms with Crippen LogP contribution in [-0.4, -0.2) is 119 Å². The van der Waals surface area contributed by atoms with Crippen molar-refractivity contribution in [2.24, 2.45) is 0 Å². The van der Waals surface area contributed by atoms with Gasteiger partial charge in [-0.1, -0.05) is 0 Å². The topological polar surface area (TPSA) is 200 Å². The number of hydrogen-bond donors (Lipinski definition) is 5. The lowest BCUT2D eigenvalue weighted by Gasteiger charge is -2.47. The lowest BCUT2D eigenvalue weighted by Crippen LogP contribution is -2.65. The molecule has 0 unspecified atom stereocenters. The van der Waals surface area contributed by atoms with Gasteiger partial charge in [-0.3, -0.25) is 10.1 Å². The van der Waals surface area contributed by atoms with E-state index in [1.54, 1.807) is 0 Å². The summed E-state index contributed by atoms with van der Waals surface area (Å²) in [5.41, 5.74) is -0.145. The molecule has 14 heteroatoms. The van der Waals surface area contributed by atoms with Gasteiger partial charge in [-0.2, -0.15) is 0 Å². The van der Waals surface area contributed by atoms with Crippen LogP contribution in [0.4, 0.5) is 5.69 Å². The number of nitrogens with zero attached hydrogens (tertiary/aromatic N) is 1. The van der Waals surface area contributed by atoms with E-state index in [2.05, 4.69) is 0 Å². The molecule has 3 rings (SSSR count). The molecule has 2 aliphatic rings. The Balaban J connectivity index is 1.75. The molecule has 2 heterocycles. The first-order valence-electron chi connectivity index (χ1n) is 10.4. The van der Waals surface area contributed by atoms with Crippen molar-refractivity contribution < 1.29 is 58.9 Å². The second-order valence-corrected chi connectivity index (χ2v) is 7.79. The van der Waals surface area contributed by atoms with Crippen LogP contribution in [0.25, 0.3) is 0 Å². The Morgan fingerprint density at radius 3 is 1.97 bits per heavy atom. The fourth-order valence-electron chi connectivity index (χ4n) is 3.94. The molecule has 34 heavy (non-hydrogen) atoms. The Morgan fingerprint density at radius 2 is 1.44 bits per heavy atom. The van der Waals surface area contributed by atoms with Gasteiger partial charge in [0.05, 0.1) is 18.1 Å². The molecule has 2 saturated heterocycles. The van der Waals surface area contributed by atoms with Crippen LogP contribution in [0.1, 0.15) is 0 Å². The molecule has 5 N–H and O–H groups in total. The van der Waals surface area contributed by atoms with Crippen molar-refractivity contribution in [2.45, 2.75) is 61.4 Å². The zero-order chi connectivity index (χ0) is 25.0. The number of non-ortho nitro benzene ring substituents is 1. The Bertz CT molecular complexity index is 795. The Hall–Kier alpha value is -1.98. The first kappa shape index (κ1) is 26.6. The summed E-state index contributed by atoms with van der Waals surface area (Å²) in [6.45, 7) is -1.21. The van der Waals surface area contributed by atoms with Gasteiger partial charge in [0.25, 0.3) is 5.69 Å². The Morgan fingerprint density at radius 1 is 0.853 bits per heavy atom. The molecule has 14 nitrogen and oxygen atoms in total. The molecule has 1 aromatic rings. The number of aliphatic hydroxyl groups excluding tert-OH is 5. The molecule has 1 aromatic carbocycles. The number of nitro benzene ring substituents is 1. The molecule has 2 aliphatic heterocycles. The van der Waals surface area contributed by atoms with Gasteiger partial charge in [-0.05, 0) is 12.1 Å². The quantitative estimate of drug-likeness (QED) is 0.186. The minimum absolute atomic E-state index is 0.145. The van der Waals surface area contributed by atoms with E-state index < -0.39 is 79.5 Å². The highest BCUT2D eigenvalue weighted by Crippen LogP contribution is 2.32. The molecule has 192 valence electrons. The lowest BCUT2D eigenvalue weighted by molar-refractivity contribution is -0.384. The summed E-state index contributed by atoms with van der Waals surface area (Å²) in [6.07, 6.45) is -12.8. The largest absolute Gasteiger partial charge is 0.462 e. The van der Waals surface area contributed by atoms with Crippen molar-refractivity contribution in [2.75, 3.05) is 27.4 Å². The third kappa shape index (κ3) is 5.46. The van der Waals surface area contributed by atoms with E-state index in [1.807, 2.05) is 0 Å². The molecular weight excluding hydrogens is 462 g/mol. The van der Waals surface area contributed by atoms with E-state index in [-0.39, 0.29) is 11.4 Å². The van der Waals surface area contributed by atoms with Crippen molar-refractivity contribution in [1.82, 2.24) is 0 Å². The highest BCUT2D eigenvalue weighted by molar-refractivity contribution is 5.36. The van der Waals surface area contributed by atoms with Crippen LogP contribution in [0.15, 0.2) is 24.3 Å². The molecule has 0 saturated carbocycles. The smallest absolute Gasteiger partial charge is 0.269 e. The van der Waals surface area contributed by atoms with E-state index in [4.69, 9.17) is 28.4 Å². The normalized spacial score (nSPS) is 38.4. The zero-order valence-corrected chi connectivity index (χ0v) is 18.4. The minimum atomic E-state index is -1.50. The van der Waals surface area contributed by atoms with Gasteiger partial charge in [0.15, 0.2) is 6.29 Å². The monoisotopic (exact) mass is 491 g/mol. The first-order chi connectivity index (χ1) is 16.2. The summed E-state index contributed by atoms with van der Waals surface area (Å²) < 4.78 is 33.0. The zero-order valence-electron chi connectivity index (χ0n) is 18.4. The van der Waals surface area contributed by atoms with E-state index in [0.29, 0.717) is 0 Å². The number of hydrogen-bond acceptors (Lipinski definition) is 13. The van der Waals surface area contributed by atoms with Crippen LogP contribution in [-0.2, 0) is 23.7 Å². The van der Waals surface area contributed by atoms with Crippen molar-refractivity contribution in [3.8, 4) is 5.75 Å². The maximum Gasteiger partial charge on any atom is 0.269 e. The van der Waals surface area contributed by atoms with Gasteiger partial charge in [-0.15, -0.1) is 0 Å².